The topological polar surface area (TPSA) is 8.17 Å². The highest BCUT2D eigenvalue weighted by Gasteiger charge is 2.44. The number of allylic oxidation sites excluding steroid dienone is 5. The van der Waals surface area contributed by atoms with Gasteiger partial charge in [0.15, 0.2) is 0 Å². The number of fused-ring (bicyclic) bond motifs is 6. The lowest BCUT2D eigenvalue weighted by Gasteiger charge is -2.34. The minimum absolute atomic E-state index is 0.305. The largest absolute Gasteiger partial charge is 0.310 e. The van der Waals surface area contributed by atoms with E-state index in [4.69, 9.17) is 0 Å². The third-order valence-corrected chi connectivity index (χ3v) is 16.7. The van der Waals surface area contributed by atoms with Crippen LogP contribution in [0.25, 0.3) is 78.1 Å². The van der Waals surface area contributed by atoms with E-state index in [-0.39, 0.29) is 5.41 Å². The molecule has 2 heteroatoms. The van der Waals surface area contributed by atoms with E-state index in [2.05, 4.69) is 277 Å². The van der Waals surface area contributed by atoms with Crippen LogP contribution < -0.4 is 4.90 Å². The second kappa shape index (κ2) is 21.1. The molecule has 0 aliphatic heterocycles. The van der Waals surface area contributed by atoms with E-state index in [0.717, 1.165) is 60.4 Å². The summed E-state index contributed by atoms with van der Waals surface area (Å²) in [5, 5.41) is 2.45. The number of aromatic nitrogens is 1. The highest BCUT2D eigenvalue weighted by Crippen LogP contribution is 2.56. The Labute approximate surface area is 459 Å². The summed E-state index contributed by atoms with van der Waals surface area (Å²) < 4.78 is 2.40. The Morgan fingerprint density at radius 3 is 1.58 bits per heavy atom. The number of anilines is 3. The lowest BCUT2D eigenvalue weighted by atomic mass is 9.69. The average Bonchev–Trinajstić information content (AvgIpc) is 4.21. The van der Waals surface area contributed by atoms with Gasteiger partial charge in [-0.15, -0.1) is 0 Å². The molecule has 0 N–H and O–H groups in total. The summed E-state index contributed by atoms with van der Waals surface area (Å²) in [5.41, 5.74) is 24.5. The summed E-state index contributed by atoms with van der Waals surface area (Å²) in [6, 6.07) is 90.1. The van der Waals surface area contributed by atoms with Gasteiger partial charge in [-0.1, -0.05) is 226 Å². The SMILES string of the molecule is C=CC1=CC=C(CCCCCC2(c3ccccc3)c3ccccc3-c3ccc(N(c4ccc(-c5ccccc5)cc4)c4ccc(-c5ccc6c(c5)c5cc(-c7ccc(C=C)cc7)ccc5n6-c5ccccc5)cc4)cc32)CC1. The molecule has 376 valence electrons. The van der Waals surface area contributed by atoms with Crippen molar-refractivity contribution in [2.24, 2.45) is 0 Å². The molecular formula is C76H62N2. The first-order valence-corrected chi connectivity index (χ1v) is 27.8. The molecule has 11 aromatic rings. The number of nitrogens with zero attached hydrogens (tertiary/aromatic N) is 2. The molecule has 1 unspecified atom stereocenters. The van der Waals surface area contributed by atoms with Gasteiger partial charge in [0.25, 0.3) is 0 Å². The number of para-hydroxylation sites is 1. The molecule has 1 aromatic heterocycles. The van der Waals surface area contributed by atoms with Crippen LogP contribution in [0.5, 0.6) is 0 Å². The Balaban J connectivity index is 0.898. The Bertz CT molecular complexity index is 4050. The fourth-order valence-electron chi connectivity index (χ4n) is 12.7. The normalized spacial score (nSPS) is 14.6. The lowest BCUT2D eigenvalue weighted by molar-refractivity contribution is 0.516. The third kappa shape index (κ3) is 8.93. The van der Waals surface area contributed by atoms with E-state index >= 15 is 0 Å². The minimum Gasteiger partial charge on any atom is -0.310 e. The fraction of sp³-hybridized carbons (Fsp3) is 0.105. The second-order valence-electron chi connectivity index (χ2n) is 21.1. The Hall–Kier alpha value is -9.24. The molecule has 2 aliphatic rings. The molecule has 0 bridgehead atoms. The molecular weight excluding hydrogens is 941 g/mol. The number of benzene rings is 10. The summed E-state index contributed by atoms with van der Waals surface area (Å²) in [7, 11) is 0. The highest BCUT2D eigenvalue weighted by atomic mass is 15.1. The average molecular weight is 1000 g/mol. The zero-order valence-corrected chi connectivity index (χ0v) is 44.2. The molecule has 1 atom stereocenters. The Morgan fingerprint density at radius 1 is 0.423 bits per heavy atom. The zero-order chi connectivity index (χ0) is 52.4. The van der Waals surface area contributed by atoms with Crippen molar-refractivity contribution in [3.05, 3.63) is 307 Å². The van der Waals surface area contributed by atoms with E-state index in [1.807, 2.05) is 12.2 Å². The molecule has 0 saturated heterocycles. The minimum atomic E-state index is -0.305. The number of hydrogen-bond acceptors (Lipinski definition) is 1. The van der Waals surface area contributed by atoms with Crippen LogP contribution in [0, 0.1) is 0 Å². The van der Waals surface area contributed by atoms with Crippen LogP contribution in [-0.4, -0.2) is 4.57 Å². The molecule has 0 radical (unpaired) electrons. The van der Waals surface area contributed by atoms with Crippen LogP contribution in [0.1, 0.15) is 67.2 Å². The molecule has 2 aliphatic carbocycles. The van der Waals surface area contributed by atoms with E-state index in [1.54, 1.807) is 5.57 Å². The summed E-state index contributed by atoms with van der Waals surface area (Å²) in [5.74, 6) is 0. The molecule has 2 nitrogen and oxygen atoms in total. The van der Waals surface area contributed by atoms with Gasteiger partial charge in [-0.25, -0.2) is 0 Å². The third-order valence-electron chi connectivity index (χ3n) is 16.7. The maximum Gasteiger partial charge on any atom is 0.0541 e. The zero-order valence-electron chi connectivity index (χ0n) is 44.2. The van der Waals surface area contributed by atoms with E-state index < -0.39 is 0 Å². The van der Waals surface area contributed by atoms with Gasteiger partial charge in [-0.05, 0) is 177 Å². The Kier molecular flexibility index (Phi) is 13.1. The smallest absolute Gasteiger partial charge is 0.0541 e. The van der Waals surface area contributed by atoms with Crippen LogP contribution >= 0.6 is 0 Å². The van der Waals surface area contributed by atoms with Crippen LogP contribution in [0.2, 0.25) is 0 Å². The van der Waals surface area contributed by atoms with Crippen molar-refractivity contribution in [1.29, 1.82) is 0 Å². The van der Waals surface area contributed by atoms with Gasteiger partial charge < -0.3 is 9.47 Å². The van der Waals surface area contributed by atoms with Gasteiger partial charge in [0.2, 0.25) is 0 Å². The molecule has 78 heavy (non-hydrogen) atoms. The fourth-order valence-corrected chi connectivity index (χ4v) is 12.7. The van der Waals surface area contributed by atoms with Gasteiger partial charge in [0.05, 0.1) is 11.0 Å². The lowest BCUT2D eigenvalue weighted by Crippen LogP contribution is -2.27. The first kappa shape index (κ1) is 48.4. The van der Waals surface area contributed by atoms with Gasteiger partial charge >= 0.3 is 0 Å². The van der Waals surface area contributed by atoms with Gasteiger partial charge in [-0.3, -0.25) is 0 Å². The van der Waals surface area contributed by atoms with E-state index in [0.29, 0.717) is 0 Å². The first-order valence-electron chi connectivity index (χ1n) is 27.8. The molecule has 10 aromatic carbocycles. The molecule has 13 rings (SSSR count). The predicted octanol–water partition coefficient (Wildman–Crippen LogP) is 21.0. The van der Waals surface area contributed by atoms with Crippen LogP contribution in [0.4, 0.5) is 17.1 Å². The summed E-state index contributed by atoms with van der Waals surface area (Å²) >= 11 is 0. The molecule has 0 saturated carbocycles. The molecule has 1 heterocycles. The van der Waals surface area contributed by atoms with Crippen molar-refractivity contribution >= 4 is 44.9 Å². The van der Waals surface area contributed by atoms with Crippen molar-refractivity contribution in [3.63, 3.8) is 0 Å². The van der Waals surface area contributed by atoms with Crippen molar-refractivity contribution in [2.75, 3.05) is 4.90 Å². The van der Waals surface area contributed by atoms with E-state index in [1.165, 1.54) is 101 Å². The first-order chi connectivity index (χ1) is 38.6. The maximum absolute atomic E-state index is 4.00. The van der Waals surface area contributed by atoms with Gasteiger partial charge in [0.1, 0.15) is 0 Å². The standard InChI is InChI=1S/C76H62N2/c1-3-54-28-30-56(31-29-54)19-9-8-18-50-76(63-22-12-6-13-23-63)72-27-17-16-26-68(72)69-47-46-67(53-73(69)76)77(65-42-36-58(37-43-65)57-20-10-5-11-21-57)66-44-38-60(39-45-66)62-41-49-75-71(52-62)70-51-61(59-34-32-55(4-2)33-35-59)40-48-74(70)78(75)64-24-14-7-15-25-64/h3-7,10-17,20-28,30,32-49,51-53H,1-2,8-9,18-19,29,31,50H2. The van der Waals surface area contributed by atoms with Crippen LogP contribution in [0.15, 0.2) is 285 Å². The highest BCUT2D eigenvalue weighted by molar-refractivity contribution is 6.11. The predicted molar refractivity (Wildman–Crippen MR) is 332 cm³/mol. The maximum atomic E-state index is 4.00. The summed E-state index contributed by atoms with van der Waals surface area (Å²) in [4.78, 5) is 2.46. The van der Waals surface area contributed by atoms with Crippen molar-refractivity contribution in [1.82, 2.24) is 4.57 Å². The number of unbranched alkanes of at least 4 members (excludes halogenated alkanes) is 2. The summed E-state index contributed by atoms with van der Waals surface area (Å²) in [6.45, 7) is 7.98. The van der Waals surface area contributed by atoms with Crippen molar-refractivity contribution in [2.45, 2.75) is 50.4 Å². The van der Waals surface area contributed by atoms with Gasteiger partial charge in [0, 0.05) is 38.9 Å². The van der Waals surface area contributed by atoms with Crippen LogP contribution in [-0.2, 0) is 5.41 Å². The summed E-state index contributed by atoms with van der Waals surface area (Å²) in [6.07, 6.45) is 16.5. The van der Waals surface area contributed by atoms with Crippen molar-refractivity contribution < 1.29 is 0 Å². The van der Waals surface area contributed by atoms with Gasteiger partial charge in [-0.2, -0.15) is 0 Å². The quantitative estimate of drug-likeness (QED) is 0.0876. The van der Waals surface area contributed by atoms with Crippen LogP contribution in [0.3, 0.4) is 0 Å². The monoisotopic (exact) mass is 1000 g/mol. The number of hydrogen-bond donors (Lipinski definition) is 0. The molecule has 0 spiro atoms. The Morgan fingerprint density at radius 2 is 0.962 bits per heavy atom. The molecule has 0 fully saturated rings. The molecule has 0 amide bonds. The number of rotatable bonds is 16. The van der Waals surface area contributed by atoms with E-state index in [9.17, 15) is 0 Å². The van der Waals surface area contributed by atoms with Crippen molar-refractivity contribution in [3.8, 4) is 50.2 Å². The second-order valence-corrected chi connectivity index (χ2v) is 21.1.